The predicted molar refractivity (Wildman–Crippen MR) is 81.1 cm³/mol. The number of carbonyl (C=O) groups excluding carboxylic acids is 2. The van der Waals surface area contributed by atoms with Crippen LogP contribution in [-0.4, -0.2) is 24.9 Å². The Morgan fingerprint density at radius 1 is 1.25 bits per heavy atom. The molecule has 5 nitrogen and oxygen atoms in total. The first-order valence-electron chi connectivity index (χ1n) is 6.10. The minimum absolute atomic E-state index is 0.105. The van der Waals surface area contributed by atoms with Gasteiger partial charge in [0.2, 0.25) is 5.91 Å². The minimum Gasteiger partial charge on any atom is -0.397 e. The fourth-order valence-corrected chi connectivity index (χ4v) is 1.72. The van der Waals surface area contributed by atoms with Gasteiger partial charge in [-0.1, -0.05) is 37.0 Å². The highest BCUT2D eigenvalue weighted by Crippen LogP contribution is 2.29. The van der Waals surface area contributed by atoms with E-state index in [1.807, 2.05) is 13.8 Å². The molecule has 2 amide bonds. The summed E-state index contributed by atoms with van der Waals surface area (Å²) in [6.45, 7) is 4.43. The van der Waals surface area contributed by atoms with E-state index in [1.165, 1.54) is 12.1 Å². The van der Waals surface area contributed by atoms with E-state index in [4.69, 9.17) is 28.9 Å². The molecule has 0 saturated carbocycles. The van der Waals surface area contributed by atoms with Crippen LogP contribution in [0.15, 0.2) is 12.1 Å². The van der Waals surface area contributed by atoms with Gasteiger partial charge < -0.3 is 16.4 Å². The van der Waals surface area contributed by atoms with E-state index in [-0.39, 0.29) is 33.7 Å². The smallest absolute Gasteiger partial charge is 0.251 e. The van der Waals surface area contributed by atoms with Crippen LogP contribution in [0.4, 0.5) is 5.69 Å². The van der Waals surface area contributed by atoms with Crippen molar-refractivity contribution in [2.24, 2.45) is 5.92 Å². The van der Waals surface area contributed by atoms with Crippen molar-refractivity contribution in [2.75, 3.05) is 18.8 Å². The summed E-state index contributed by atoms with van der Waals surface area (Å²) in [7, 11) is 0. The first-order valence-corrected chi connectivity index (χ1v) is 6.86. The van der Waals surface area contributed by atoms with E-state index in [1.54, 1.807) is 0 Å². The van der Waals surface area contributed by atoms with Gasteiger partial charge in [0.1, 0.15) is 0 Å². The summed E-state index contributed by atoms with van der Waals surface area (Å²) in [6, 6.07) is 2.82. The average Bonchev–Trinajstić information content (AvgIpc) is 2.39. The highest BCUT2D eigenvalue weighted by Gasteiger charge is 2.12. The molecule has 1 aromatic rings. The third-order valence-electron chi connectivity index (χ3n) is 2.44. The lowest BCUT2D eigenvalue weighted by atomic mass is 10.2. The first-order chi connectivity index (χ1) is 9.31. The molecule has 0 bridgehead atoms. The highest BCUT2D eigenvalue weighted by molar-refractivity contribution is 6.43. The van der Waals surface area contributed by atoms with E-state index >= 15 is 0 Å². The number of nitrogens with one attached hydrogen (secondary N) is 2. The van der Waals surface area contributed by atoms with E-state index in [9.17, 15) is 9.59 Å². The molecule has 4 N–H and O–H groups in total. The molecule has 0 radical (unpaired) electrons. The zero-order valence-corrected chi connectivity index (χ0v) is 12.8. The van der Waals surface area contributed by atoms with Crippen molar-refractivity contribution in [3.05, 3.63) is 27.7 Å². The number of anilines is 1. The van der Waals surface area contributed by atoms with Gasteiger partial charge in [-0.25, -0.2) is 0 Å². The lowest BCUT2D eigenvalue weighted by molar-refractivity contribution is -0.120. The molecule has 0 unspecified atom stereocenters. The Kier molecular flexibility index (Phi) is 6.10. The summed E-state index contributed by atoms with van der Waals surface area (Å²) >= 11 is 11.6. The molecule has 1 aromatic carbocycles. The van der Waals surface area contributed by atoms with E-state index in [0.29, 0.717) is 12.5 Å². The molecule has 0 aliphatic rings. The number of hydrogen-bond acceptors (Lipinski definition) is 3. The SMILES string of the molecule is CC(C)CNC(=O)CNC(=O)c1cc(N)c(Cl)c(Cl)c1. The molecule has 0 atom stereocenters. The molecule has 0 heterocycles. The van der Waals surface area contributed by atoms with Crippen LogP contribution in [0.25, 0.3) is 0 Å². The largest absolute Gasteiger partial charge is 0.397 e. The van der Waals surface area contributed by atoms with Gasteiger partial charge in [0, 0.05) is 12.1 Å². The summed E-state index contributed by atoms with van der Waals surface area (Å²) in [4.78, 5) is 23.3. The zero-order chi connectivity index (χ0) is 15.3. The van der Waals surface area contributed by atoms with Crippen molar-refractivity contribution in [2.45, 2.75) is 13.8 Å². The van der Waals surface area contributed by atoms with Crippen LogP contribution >= 0.6 is 23.2 Å². The fraction of sp³-hybridized carbons (Fsp3) is 0.385. The number of rotatable bonds is 5. The summed E-state index contributed by atoms with van der Waals surface area (Å²) in [5.41, 5.74) is 6.09. The van der Waals surface area contributed by atoms with Gasteiger partial charge in [-0.15, -0.1) is 0 Å². The second-order valence-electron chi connectivity index (χ2n) is 4.74. The topological polar surface area (TPSA) is 84.2 Å². The normalized spacial score (nSPS) is 10.4. The van der Waals surface area contributed by atoms with Crippen LogP contribution in [-0.2, 0) is 4.79 Å². The molecular weight excluding hydrogens is 301 g/mol. The molecular formula is C13H17Cl2N3O2. The first kappa shape index (κ1) is 16.6. The Bertz CT molecular complexity index is 495. The Hall–Kier alpha value is -1.46. The molecule has 0 aliphatic heterocycles. The molecule has 0 fully saturated rings. The Balaban J connectivity index is 2.57. The Labute approximate surface area is 127 Å². The van der Waals surface area contributed by atoms with Crippen molar-refractivity contribution in [1.29, 1.82) is 0 Å². The second-order valence-corrected chi connectivity index (χ2v) is 5.53. The van der Waals surface area contributed by atoms with Crippen LogP contribution in [0, 0.1) is 5.92 Å². The fourth-order valence-electron chi connectivity index (χ4n) is 1.38. The molecule has 0 saturated heterocycles. The van der Waals surface area contributed by atoms with Crippen LogP contribution in [0.3, 0.4) is 0 Å². The lowest BCUT2D eigenvalue weighted by Gasteiger charge is -2.09. The average molecular weight is 318 g/mol. The predicted octanol–water partition coefficient (Wildman–Crippen LogP) is 2.08. The highest BCUT2D eigenvalue weighted by atomic mass is 35.5. The summed E-state index contributed by atoms with van der Waals surface area (Å²) in [6.07, 6.45) is 0. The van der Waals surface area contributed by atoms with E-state index in [2.05, 4.69) is 10.6 Å². The van der Waals surface area contributed by atoms with Crippen LogP contribution in [0.5, 0.6) is 0 Å². The Morgan fingerprint density at radius 2 is 1.90 bits per heavy atom. The van der Waals surface area contributed by atoms with Crippen molar-refractivity contribution in [1.82, 2.24) is 10.6 Å². The monoisotopic (exact) mass is 317 g/mol. The second kappa shape index (κ2) is 7.36. The van der Waals surface area contributed by atoms with Crippen LogP contribution in [0.2, 0.25) is 10.0 Å². The van der Waals surface area contributed by atoms with E-state index < -0.39 is 5.91 Å². The summed E-state index contributed by atoms with van der Waals surface area (Å²) in [5.74, 6) is -0.334. The summed E-state index contributed by atoms with van der Waals surface area (Å²) in [5, 5.41) is 5.59. The van der Waals surface area contributed by atoms with Gasteiger partial charge in [0.15, 0.2) is 0 Å². The number of nitrogens with two attached hydrogens (primary N) is 1. The van der Waals surface area contributed by atoms with Crippen LogP contribution in [0.1, 0.15) is 24.2 Å². The van der Waals surface area contributed by atoms with Crippen molar-refractivity contribution < 1.29 is 9.59 Å². The van der Waals surface area contributed by atoms with Crippen molar-refractivity contribution in [3.8, 4) is 0 Å². The third-order valence-corrected chi connectivity index (χ3v) is 3.25. The molecule has 110 valence electrons. The molecule has 7 heteroatoms. The molecule has 0 aromatic heterocycles. The van der Waals surface area contributed by atoms with Gasteiger partial charge in [0.05, 0.1) is 22.3 Å². The van der Waals surface area contributed by atoms with Gasteiger partial charge in [-0.2, -0.15) is 0 Å². The molecule has 20 heavy (non-hydrogen) atoms. The molecule has 0 aliphatic carbocycles. The number of halogens is 2. The standard InChI is InChI=1S/C13H17Cl2N3O2/c1-7(2)5-17-11(19)6-18-13(20)8-3-9(14)12(15)10(16)4-8/h3-4,7H,5-6,16H2,1-2H3,(H,17,19)(H,18,20). The van der Waals surface area contributed by atoms with E-state index in [0.717, 1.165) is 0 Å². The number of hydrogen-bond donors (Lipinski definition) is 3. The molecule has 1 rings (SSSR count). The molecule has 0 spiro atoms. The van der Waals surface area contributed by atoms with Crippen molar-refractivity contribution in [3.63, 3.8) is 0 Å². The summed E-state index contributed by atoms with van der Waals surface area (Å²) < 4.78 is 0. The maximum atomic E-state index is 11.9. The lowest BCUT2D eigenvalue weighted by Crippen LogP contribution is -2.38. The van der Waals surface area contributed by atoms with Gasteiger partial charge in [0.25, 0.3) is 5.91 Å². The van der Waals surface area contributed by atoms with Crippen LogP contribution < -0.4 is 16.4 Å². The maximum Gasteiger partial charge on any atom is 0.251 e. The number of benzene rings is 1. The minimum atomic E-state index is -0.435. The zero-order valence-electron chi connectivity index (χ0n) is 11.3. The van der Waals surface area contributed by atoms with Gasteiger partial charge >= 0.3 is 0 Å². The third kappa shape index (κ3) is 4.90. The Morgan fingerprint density at radius 3 is 2.45 bits per heavy atom. The number of carbonyl (C=O) groups is 2. The van der Waals surface area contributed by atoms with Crippen molar-refractivity contribution >= 4 is 40.7 Å². The van der Waals surface area contributed by atoms with Gasteiger partial charge in [-0.3, -0.25) is 9.59 Å². The maximum absolute atomic E-state index is 11.9. The number of nitrogen functional groups attached to an aromatic ring is 1. The van der Waals surface area contributed by atoms with Gasteiger partial charge in [-0.05, 0) is 18.1 Å². The quantitative estimate of drug-likeness (QED) is 0.727. The number of amides is 2.